The van der Waals surface area contributed by atoms with Crippen molar-refractivity contribution in [2.75, 3.05) is 6.54 Å². The van der Waals surface area contributed by atoms with Crippen LogP contribution in [0.25, 0.3) is 0 Å². The van der Waals surface area contributed by atoms with Gasteiger partial charge in [0.15, 0.2) is 6.39 Å². The number of rotatable bonds is 4. The van der Waals surface area contributed by atoms with E-state index in [-0.39, 0.29) is 6.03 Å². The van der Waals surface area contributed by atoms with E-state index < -0.39 is 0 Å². The van der Waals surface area contributed by atoms with E-state index in [0.717, 1.165) is 6.42 Å². The monoisotopic (exact) mass is 183 g/mol. The molecule has 13 heavy (non-hydrogen) atoms. The molecular formula is C8H13N3O2. The van der Waals surface area contributed by atoms with E-state index in [1.165, 1.54) is 12.7 Å². The summed E-state index contributed by atoms with van der Waals surface area (Å²) in [7, 11) is 0. The predicted molar refractivity (Wildman–Crippen MR) is 47.0 cm³/mol. The Morgan fingerprint density at radius 1 is 1.62 bits per heavy atom. The first-order valence-corrected chi connectivity index (χ1v) is 4.21. The van der Waals surface area contributed by atoms with Crippen molar-refractivity contribution >= 4 is 6.03 Å². The van der Waals surface area contributed by atoms with E-state index in [2.05, 4.69) is 15.6 Å². The quantitative estimate of drug-likeness (QED) is 0.728. The molecule has 2 N–H and O–H groups in total. The molecule has 0 atom stereocenters. The van der Waals surface area contributed by atoms with Crippen LogP contribution in [0, 0.1) is 0 Å². The second kappa shape index (κ2) is 5.18. The minimum absolute atomic E-state index is 0.176. The maximum atomic E-state index is 11.0. The van der Waals surface area contributed by atoms with Crippen LogP contribution in [0.3, 0.4) is 0 Å². The highest BCUT2D eigenvalue weighted by atomic mass is 16.3. The molecule has 0 spiro atoms. The van der Waals surface area contributed by atoms with Gasteiger partial charge in [0.1, 0.15) is 6.26 Å². The SMILES string of the molecule is CCCNC(=O)NCc1cocn1. The molecule has 0 aromatic carbocycles. The summed E-state index contributed by atoms with van der Waals surface area (Å²) in [5.41, 5.74) is 0.714. The van der Waals surface area contributed by atoms with Crippen LogP contribution in [0.2, 0.25) is 0 Å². The molecule has 0 fully saturated rings. The molecule has 1 heterocycles. The molecule has 1 aromatic heterocycles. The van der Waals surface area contributed by atoms with E-state index >= 15 is 0 Å². The van der Waals surface area contributed by atoms with E-state index in [4.69, 9.17) is 4.42 Å². The standard InChI is InChI=1S/C8H13N3O2/c1-2-3-9-8(12)10-4-7-5-13-6-11-7/h5-6H,2-4H2,1H3,(H2,9,10,12). The largest absolute Gasteiger partial charge is 0.451 e. The van der Waals surface area contributed by atoms with Crippen LogP contribution >= 0.6 is 0 Å². The van der Waals surface area contributed by atoms with E-state index in [1.54, 1.807) is 0 Å². The second-order valence-electron chi connectivity index (χ2n) is 2.59. The van der Waals surface area contributed by atoms with Crippen molar-refractivity contribution in [2.45, 2.75) is 19.9 Å². The fourth-order valence-corrected chi connectivity index (χ4v) is 0.797. The van der Waals surface area contributed by atoms with Crippen LogP contribution < -0.4 is 10.6 Å². The average Bonchev–Trinajstić information content (AvgIpc) is 2.64. The predicted octanol–water partition coefficient (Wildman–Crippen LogP) is 0.884. The molecule has 0 aliphatic heterocycles. The number of urea groups is 1. The number of hydrogen-bond donors (Lipinski definition) is 2. The lowest BCUT2D eigenvalue weighted by Gasteiger charge is -2.03. The zero-order valence-electron chi connectivity index (χ0n) is 7.54. The maximum Gasteiger partial charge on any atom is 0.315 e. The third-order valence-corrected chi connectivity index (χ3v) is 1.45. The highest BCUT2D eigenvalue weighted by molar-refractivity contribution is 5.73. The number of hydrogen-bond acceptors (Lipinski definition) is 3. The van der Waals surface area contributed by atoms with Gasteiger partial charge in [0.25, 0.3) is 0 Å². The van der Waals surface area contributed by atoms with Gasteiger partial charge in [0.05, 0.1) is 12.2 Å². The first-order chi connectivity index (χ1) is 6.33. The van der Waals surface area contributed by atoms with Gasteiger partial charge in [-0.15, -0.1) is 0 Å². The fourth-order valence-electron chi connectivity index (χ4n) is 0.797. The molecule has 0 aliphatic rings. The minimum Gasteiger partial charge on any atom is -0.451 e. The van der Waals surface area contributed by atoms with Crippen LogP contribution in [-0.4, -0.2) is 17.6 Å². The topological polar surface area (TPSA) is 67.2 Å². The third-order valence-electron chi connectivity index (χ3n) is 1.45. The lowest BCUT2D eigenvalue weighted by atomic mass is 10.5. The van der Waals surface area contributed by atoms with E-state index in [9.17, 15) is 4.79 Å². The maximum absolute atomic E-state index is 11.0. The summed E-state index contributed by atoms with van der Waals surface area (Å²) < 4.78 is 4.75. The van der Waals surface area contributed by atoms with Crippen LogP contribution in [0.4, 0.5) is 4.79 Å². The number of carbonyl (C=O) groups is 1. The lowest BCUT2D eigenvalue weighted by molar-refractivity contribution is 0.240. The Kier molecular flexibility index (Phi) is 3.81. The Bertz CT molecular complexity index is 246. The molecular weight excluding hydrogens is 170 g/mol. The Hall–Kier alpha value is -1.52. The number of oxazole rings is 1. The van der Waals surface area contributed by atoms with Gasteiger partial charge in [-0.2, -0.15) is 0 Å². The number of nitrogens with zero attached hydrogens (tertiary/aromatic N) is 1. The molecule has 0 radical (unpaired) electrons. The molecule has 0 saturated carbocycles. The molecule has 1 rings (SSSR count). The molecule has 0 bridgehead atoms. The molecule has 5 heteroatoms. The molecule has 0 aliphatic carbocycles. The molecule has 2 amide bonds. The van der Waals surface area contributed by atoms with Gasteiger partial charge >= 0.3 is 6.03 Å². The Morgan fingerprint density at radius 3 is 3.08 bits per heavy atom. The summed E-state index contributed by atoms with van der Waals surface area (Å²) in [6.45, 7) is 3.08. The molecule has 0 saturated heterocycles. The third kappa shape index (κ3) is 3.59. The van der Waals surface area contributed by atoms with Crippen molar-refractivity contribution in [3.63, 3.8) is 0 Å². The van der Waals surface area contributed by atoms with Crippen LogP contribution in [0.1, 0.15) is 19.0 Å². The first kappa shape index (κ1) is 9.57. The number of carbonyl (C=O) groups excluding carboxylic acids is 1. The summed E-state index contributed by atoms with van der Waals surface area (Å²) in [5.74, 6) is 0. The Balaban J connectivity index is 2.15. The summed E-state index contributed by atoms with van der Waals surface area (Å²) in [6, 6.07) is -0.176. The second-order valence-corrected chi connectivity index (χ2v) is 2.59. The average molecular weight is 183 g/mol. The molecule has 1 aromatic rings. The highest BCUT2D eigenvalue weighted by Crippen LogP contribution is 1.92. The van der Waals surface area contributed by atoms with Crippen molar-refractivity contribution in [1.82, 2.24) is 15.6 Å². The van der Waals surface area contributed by atoms with Gasteiger partial charge in [-0.25, -0.2) is 9.78 Å². The first-order valence-electron chi connectivity index (χ1n) is 4.21. The smallest absolute Gasteiger partial charge is 0.315 e. The van der Waals surface area contributed by atoms with Crippen molar-refractivity contribution in [3.8, 4) is 0 Å². The highest BCUT2D eigenvalue weighted by Gasteiger charge is 1.99. The zero-order valence-corrected chi connectivity index (χ0v) is 7.54. The van der Waals surface area contributed by atoms with Crippen LogP contribution in [-0.2, 0) is 6.54 Å². The van der Waals surface area contributed by atoms with Gasteiger partial charge in [0, 0.05) is 6.54 Å². The van der Waals surface area contributed by atoms with Crippen LogP contribution in [0.15, 0.2) is 17.1 Å². The summed E-state index contributed by atoms with van der Waals surface area (Å²) in [4.78, 5) is 14.9. The lowest BCUT2D eigenvalue weighted by Crippen LogP contribution is -2.35. The van der Waals surface area contributed by atoms with Gasteiger partial charge < -0.3 is 15.1 Å². The van der Waals surface area contributed by atoms with Gasteiger partial charge in [-0.05, 0) is 6.42 Å². The Labute approximate surface area is 76.5 Å². The normalized spacial score (nSPS) is 9.62. The minimum atomic E-state index is -0.176. The number of aromatic nitrogens is 1. The van der Waals surface area contributed by atoms with E-state index in [0.29, 0.717) is 18.8 Å². The van der Waals surface area contributed by atoms with Crippen molar-refractivity contribution < 1.29 is 9.21 Å². The summed E-state index contributed by atoms with van der Waals surface area (Å²) in [6.07, 6.45) is 3.76. The molecule has 5 nitrogen and oxygen atoms in total. The number of nitrogens with one attached hydrogen (secondary N) is 2. The van der Waals surface area contributed by atoms with Gasteiger partial charge in [-0.1, -0.05) is 6.92 Å². The fraction of sp³-hybridized carbons (Fsp3) is 0.500. The molecule has 72 valence electrons. The Morgan fingerprint density at radius 2 is 2.46 bits per heavy atom. The number of amides is 2. The molecule has 0 unspecified atom stereocenters. The van der Waals surface area contributed by atoms with Gasteiger partial charge in [-0.3, -0.25) is 0 Å². The van der Waals surface area contributed by atoms with Crippen LogP contribution in [0.5, 0.6) is 0 Å². The van der Waals surface area contributed by atoms with E-state index in [1.807, 2.05) is 6.92 Å². The summed E-state index contributed by atoms with van der Waals surface area (Å²) in [5, 5.41) is 5.33. The zero-order chi connectivity index (χ0) is 9.52. The van der Waals surface area contributed by atoms with Crippen molar-refractivity contribution in [1.29, 1.82) is 0 Å². The van der Waals surface area contributed by atoms with Gasteiger partial charge in [0.2, 0.25) is 0 Å². The summed E-state index contributed by atoms with van der Waals surface area (Å²) >= 11 is 0. The van der Waals surface area contributed by atoms with Crippen molar-refractivity contribution in [3.05, 3.63) is 18.4 Å². The van der Waals surface area contributed by atoms with Crippen molar-refractivity contribution in [2.24, 2.45) is 0 Å².